The summed E-state index contributed by atoms with van der Waals surface area (Å²) >= 11 is 6.24. The Labute approximate surface area is 128 Å². The maximum atomic E-state index is 6.24. The minimum Gasteiger partial charge on any atom is -0.438 e. The third-order valence-corrected chi connectivity index (χ3v) is 3.33. The molecule has 0 bridgehead atoms. The van der Waals surface area contributed by atoms with Crippen molar-refractivity contribution >= 4 is 23.4 Å². The average Bonchev–Trinajstić information content (AvgIpc) is 2.40. The van der Waals surface area contributed by atoms with Gasteiger partial charge in [0, 0.05) is 11.1 Å². The van der Waals surface area contributed by atoms with Crippen LogP contribution < -0.4 is 21.7 Å². The number of rotatable bonds is 4. The second-order valence-corrected chi connectivity index (χ2v) is 5.40. The van der Waals surface area contributed by atoms with Gasteiger partial charge in [-0.1, -0.05) is 25.4 Å². The van der Waals surface area contributed by atoms with Gasteiger partial charge in [-0.25, -0.2) is 5.84 Å². The molecule has 5 N–H and O–H groups in total. The van der Waals surface area contributed by atoms with Gasteiger partial charge in [0.25, 0.3) is 0 Å². The van der Waals surface area contributed by atoms with Crippen molar-refractivity contribution in [3.05, 3.63) is 34.3 Å². The standard InChI is InChI=1S/C14H18ClN5O/c1-7(2)9-5-11(8(3)4-10(9)15)21-13-6-12(20-17)18-14(16)19-13/h4-7H,17H2,1-3H3,(H3,16,18,19,20). The van der Waals surface area contributed by atoms with Crippen LogP contribution in [0, 0.1) is 6.92 Å². The molecule has 0 atom stereocenters. The summed E-state index contributed by atoms with van der Waals surface area (Å²) < 4.78 is 5.79. The number of nitrogens with zero attached hydrogens (tertiary/aromatic N) is 2. The molecule has 21 heavy (non-hydrogen) atoms. The number of hydrogen-bond donors (Lipinski definition) is 3. The normalized spacial score (nSPS) is 10.8. The molecule has 2 rings (SSSR count). The molecular formula is C14H18ClN5O. The van der Waals surface area contributed by atoms with Crippen LogP contribution in [0.2, 0.25) is 5.02 Å². The van der Waals surface area contributed by atoms with E-state index in [0.717, 1.165) is 16.1 Å². The van der Waals surface area contributed by atoms with Crippen molar-refractivity contribution in [2.45, 2.75) is 26.7 Å². The summed E-state index contributed by atoms with van der Waals surface area (Å²) in [5, 5.41) is 0.723. The van der Waals surface area contributed by atoms with Crippen LogP contribution in [-0.4, -0.2) is 9.97 Å². The molecule has 2 aromatic rings. The number of aryl methyl sites for hydroxylation is 1. The van der Waals surface area contributed by atoms with E-state index in [-0.39, 0.29) is 11.9 Å². The van der Waals surface area contributed by atoms with Crippen LogP contribution in [0.25, 0.3) is 0 Å². The molecule has 0 saturated heterocycles. The first-order chi connectivity index (χ1) is 9.90. The Balaban J connectivity index is 2.39. The summed E-state index contributed by atoms with van der Waals surface area (Å²) in [6, 6.07) is 5.36. The predicted octanol–water partition coefficient (Wildman–Crippen LogP) is 3.22. The third kappa shape index (κ3) is 3.53. The molecule has 1 heterocycles. The van der Waals surface area contributed by atoms with Gasteiger partial charge >= 0.3 is 0 Å². The van der Waals surface area contributed by atoms with E-state index in [1.165, 1.54) is 0 Å². The number of nitrogen functional groups attached to an aromatic ring is 2. The molecule has 7 heteroatoms. The highest BCUT2D eigenvalue weighted by Crippen LogP contribution is 2.33. The van der Waals surface area contributed by atoms with Crippen LogP contribution in [-0.2, 0) is 0 Å². The molecule has 0 radical (unpaired) electrons. The molecule has 0 spiro atoms. The van der Waals surface area contributed by atoms with E-state index < -0.39 is 0 Å². The first kappa shape index (κ1) is 15.3. The second-order valence-electron chi connectivity index (χ2n) is 4.99. The quantitative estimate of drug-likeness (QED) is 0.592. The van der Waals surface area contributed by atoms with Gasteiger partial charge < -0.3 is 15.9 Å². The minimum absolute atomic E-state index is 0.0798. The SMILES string of the molecule is Cc1cc(Cl)c(C(C)C)cc1Oc1cc(NN)nc(N)n1. The van der Waals surface area contributed by atoms with E-state index >= 15 is 0 Å². The number of hydrazine groups is 1. The molecule has 1 aromatic carbocycles. The largest absolute Gasteiger partial charge is 0.438 e. The second kappa shape index (κ2) is 6.15. The molecule has 112 valence electrons. The van der Waals surface area contributed by atoms with Gasteiger partial charge in [-0.05, 0) is 36.1 Å². The maximum absolute atomic E-state index is 6.24. The fourth-order valence-electron chi connectivity index (χ4n) is 1.90. The van der Waals surface area contributed by atoms with Crippen molar-refractivity contribution in [2.75, 3.05) is 11.2 Å². The van der Waals surface area contributed by atoms with Crippen molar-refractivity contribution in [3.8, 4) is 11.6 Å². The zero-order valence-corrected chi connectivity index (χ0v) is 12.9. The van der Waals surface area contributed by atoms with Crippen LogP contribution >= 0.6 is 11.6 Å². The van der Waals surface area contributed by atoms with Crippen LogP contribution in [0.1, 0.15) is 30.9 Å². The Hall–Kier alpha value is -2.05. The molecule has 6 nitrogen and oxygen atoms in total. The Morgan fingerprint density at radius 2 is 1.95 bits per heavy atom. The third-order valence-electron chi connectivity index (χ3n) is 3.00. The molecule has 0 saturated carbocycles. The lowest BCUT2D eigenvalue weighted by molar-refractivity contribution is 0.458. The summed E-state index contributed by atoms with van der Waals surface area (Å²) in [5.41, 5.74) is 9.94. The van der Waals surface area contributed by atoms with Crippen molar-refractivity contribution in [1.82, 2.24) is 9.97 Å². The van der Waals surface area contributed by atoms with E-state index in [1.54, 1.807) is 6.07 Å². The minimum atomic E-state index is 0.0798. The number of aromatic nitrogens is 2. The monoisotopic (exact) mass is 307 g/mol. The smallest absolute Gasteiger partial charge is 0.226 e. The van der Waals surface area contributed by atoms with E-state index in [0.29, 0.717) is 17.4 Å². The van der Waals surface area contributed by atoms with Crippen molar-refractivity contribution < 1.29 is 4.74 Å². The van der Waals surface area contributed by atoms with E-state index in [4.69, 9.17) is 27.9 Å². The lowest BCUT2D eigenvalue weighted by atomic mass is 10.0. The Bertz CT molecular complexity index is 660. The van der Waals surface area contributed by atoms with Gasteiger partial charge in [-0.3, -0.25) is 0 Å². The van der Waals surface area contributed by atoms with Crippen molar-refractivity contribution in [1.29, 1.82) is 0 Å². The highest BCUT2D eigenvalue weighted by Gasteiger charge is 2.12. The fourth-order valence-corrected chi connectivity index (χ4v) is 2.34. The number of anilines is 2. The average molecular weight is 308 g/mol. The molecule has 0 aliphatic carbocycles. The first-order valence-electron chi connectivity index (χ1n) is 6.49. The number of nitrogens with one attached hydrogen (secondary N) is 1. The topological polar surface area (TPSA) is 99.1 Å². The number of nitrogens with two attached hydrogens (primary N) is 2. The van der Waals surface area contributed by atoms with Gasteiger partial charge in [0.2, 0.25) is 11.8 Å². The number of hydrogen-bond acceptors (Lipinski definition) is 6. The Kier molecular flexibility index (Phi) is 4.50. The number of halogens is 1. The van der Waals surface area contributed by atoms with Crippen LogP contribution in [0.3, 0.4) is 0 Å². The summed E-state index contributed by atoms with van der Waals surface area (Å²) in [5.74, 6) is 7.06. The molecule has 0 aliphatic heterocycles. The van der Waals surface area contributed by atoms with Crippen LogP contribution in [0.4, 0.5) is 11.8 Å². The highest BCUT2D eigenvalue weighted by atomic mass is 35.5. The lowest BCUT2D eigenvalue weighted by Crippen LogP contribution is -2.10. The molecule has 1 aromatic heterocycles. The van der Waals surface area contributed by atoms with Crippen molar-refractivity contribution in [2.24, 2.45) is 5.84 Å². The molecule has 0 fully saturated rings. The predicted molar refractivity (Wildman–Crippen MR) is 84.6 cm³/mol. The van der Waals surface area contributed by atoms with E-state index in [1.807, 2.05) is 19.1 Å². The van der Waals surface area contributed by atoms with Gasteiger partial charge in [0.1, 0.15) is 11.6 Å². The number of ether oxygens (including phenoxy) is 1. The van der Waals surface area contributed by atoms with Crippen LogP contribution in [0.15, 0.2) is 18.2 Å². The Morgan fingerprint density at radius 3 is 2.57 bits per heavy atom. The summed E-state index contributed by atoms with van der Waals surface area (Å²) in [6.07, 6.45) is 0. The van der Waals surface area contributed by atoms with Crippen LogP contribution in [0.5, 0.6) is 11.6 Å². The summed E-state index contributed by atoms with van der Waals surface area (Å²) in [6.45, 7) is 6.05. The summed E-state index contributed by atoms with van der Waals surface area (Å²) in [7, 11) is 0. The first-order valence-corrected chi connectivity index (χ1v) is 6.87. The lowest BCUT2D eigenvalue weighted by Gasteiger charge is -2.14. The van der Waals surface area contributed by atoms with Gasteiger partial charge in [0.15, 0.2) is 0 Å². The van der Waals surface area contributed by atoms with Gasteiger partial charge in [-0.2, -0.15) is 9.97 Å². The zero-order chi connectivity index (χ0) is 15.6. The van der Waals surface area contributed by atoms with E-state index in [2.05, 4.69) is 29.2 Å². The fraction of sp³-hybridized carbons (Fsp3) is 0.286. The Morgan fingerprint density at radius 1 is 1.24 bits per heavy atom. The summed E-state index contributed by atoms with van der Waals surface area (Å²) in [4.78, 5) is 7.94. The number of benzene rings is 1. The van der Waals surface area contributed by atoms with Crippen molar-refractivity contribution in [3.63, 3.8) is 0 Å². The highest BCUT2D eigenvalue weighted by molar-refractivity contribution is 6.31. The molecule has 0 aliphatic rings. The zero-order valence-electron chi connectivity index (χ0n) is 12.1. The maximum Gasteiger partial charge on any atom is 0.226 e. The molecule has 0 unspecified atom stereocenters. The molecular weight excluding hydrogens is 290 g/mol. The van der Waals surface area contributed by atoms with Gasteiger partial charge in [0.05, 0.1) is 0 Å². The van der Waals surface area contributed by atoms with E-state index in [9.17, 15) is 0 Å². The molecule has 0 amide bonds. The van der Waals surface area contributed by atoms with Gasteiger partial charge in [-0.15, -0.1) is 0 Å².